The molecule has 5 heteroatoms. The molecule has 0 spiro atoms. The fourth-order valence-corrected chi connectivity index (χ4v) is 0.922. The summed E-state index contributed by atoms with van der Waals surface area (Å²) in [6.45, 7) is 0.584. The summed E-state index contributed by atoms with van der Waals surface area (Å²) in [5.41, 5.74) is 0. The van der Waals surface area contributed by atoms with Crippen LogP contribution in [0.15, 0.2) is 18.2 Å². The van der Waals surface area contributed by atoms with E-state index in [9.17, 15) is 9.18 Å². The van der Waals surface area contributed by atoms with Gasteiger partial charge in [-0.25, -0.2) is 4.98 Å². The quantitative estimate of drug-likeness (QED) is 0.701. The maximum atomic E-state index is 12.6. The van der Waals surface area contributed by atoms with Crippen molar-refractivity contribution >= 4 is 11.7 Å². The molecule has 1 rings (SSSR count). The van der Waals surface area contributed by atoms with Gasteiger partial charge in [-0.05, 0) is 19.2 Å². The first-order valence-electron chi connectivity index (χ1n) is 4.29. The van der Waals surface area contributed by atoms with Crippen LogP contribution in [-0.2, 0) is 4.79 Å². The number of hydrogen-bond donors (Lipinski definition) is 2. The van der Waals surface area contributed by atoms with Crippen molar-refractivity contribution in [1.29, 1.82) is 0 Å². The Balaban J connectivity index is 2.47. The van der Waals surface area contributed by atoms with Gasteiger partial charge in [0.15, 0.2) is 0 Å². The molecule has 0 unspecified atom stereocenters. The molecule has 4 nitrogen and oxygen atoms in total. The Labute approximate surface area is 81.5 Å². The Morgan fingerprint density at radius 3 is 3.00 bits per heavy atom. The number of nitrogens with zero attached hydrogens (tertiary/aromatic N) is 1. The van der Waals surface area contributed by atoms with Crippen molar-refractivity contribution in [3.05, 3.63) is 24.1 Å². The van der Waals surface area contributed by atoms with Crippen LogP contribution in [-0.4, -0.2) is 24.5 Å². The van der Waals surface area contributed by atoms with Crippen LogP contribution in [0.4, 0.5) is 10.2 Å². The van der Waals surface area contributed by atoms with Crippen molar-refractivity contribution in [3.63, 3.8) is 0 Å². The Bertz CT molecular complexity index is 317. The van der Waals surface area contributed by atoms with Gasteiger partial charge in [0.25, 0.3) is 0 Å². The molecule has 0 bridgehead atoms. The average molecular weight is 197 g/mol. The molecule has 0 saturated heterocycles. The average Bonchev–Trinajstić information content (AvgIpc) is 2.15. The smallest absolute Gasteiger partial charge is 0.226 e. The molecule has 0 aromatic carbocycles. The van der Waals surface area contributed by atoms with Gasteiger partial charge >= 0.3 is 0 Å². The van der Waals surface area contributed by atoms with Gasteiger partial charge in [0, 0.05) is 13.0 Å². The van der Waals surface area contributed by atoms with Crippen LogP contribution < -0.4 is 10.6 Å². The normalized spacial score (nSPS) is 9.86. The molecule has 0 aliphatic heterocycles. The summed E-state index contributed by atoms with van der Waals surface area (Å²) >= 11 is 0. The summed E-state index contributed by atoms with van der Waals surface area (Å²) in [6, 6.07) is 4.26. The van der Waals surface area contributed by atoms with E-state index in [4.69, 9.17) is 0 Å². The fourth-order valence-electron chi connectivity index (χ4n) is 0.922. The molecule has 1 heterocycles. The highest BCUT2D eigenvalue weighted by atomic mass is 19.1. The highest BCUT2D eigenvalue weighted by Crippen LogP contribution is 2.03. The number of aromatic nitrogens is 1. The second kappa shape index (κ2) is 5.29. The number of rotatable bonds is 4. The monoisotopic (exact) mass is 197 g/mol. The third-order valence-electron chi connectivity index (χ3n) is 1.58. The third-order valence-corrected chi connectivity index (χ3v) is 1.58. The molecule has 0 aliphatic rings. The third kappa shape index (κ3) is 3.49. The minimum Gasteiger partial charge on any atom is -0.319 e. The number of anilines is 1. The van der Waals surface area contributed by atoms with E-state index in [-0.39, 0.29) is 11.7 Å². The van der Waals surface area contributed by atoms with Gasteiger partial charge in [-0.15, -0.1) is 0 Å². The van der Waals surface area contributed by atoms with Gasteiger partial charge in [0.1, 0.15) is 5.82 Å². The van der Waals surface area contributed by atoms with E-state index in [1.54, 1.807) is 13.1 Å². The van der Waals surface area contributed by atoms with Crippen LogP contribution in [0.2, 0.25) is 0 Å². The van der Waals surface area contributed by atoms with Crippen molar-refractivity contribution < 1.29 is 9.18 Å². The Kier molecular flexibility index (Phi) is 4.00. The fraction of sp³-hybridized carbons (Fsp3) is 0.333. The predicted octanol–water partition coefficient (Wildman–Crippen LogP) is 0.769. The molecular weight excluding hydrogens is 185 g/mol. The van der Waals surface area contributed by atoms with Crippen molar-refractivity contribution in [2.75, 3.05) is 18.9 Å². The zero-order chi connectivity index (χ0) is 10.4. The Morgan fingerprint density at radius 2 is 2.36 bits per heavy atom. The number of amides is 1. The van der Waals surface area contributed by atoms with Crippen LogP contribution in [0.1, 0.15) is 6.42 Å². The number of carbonyl (C=O) groups is 1. The van der Waals surface area contributed by atoms with Gasteiger partial charge in [-0.2, -0.15) is 4.39 Å². The molecule has 2 N–H and O–H groups in total. The topological polar surface area (TPSA) is 54.0 Å². The van der Waals surface area contributed by atoms with Crippen molar-refractivity contribution in [3.8, 4) is 0 Å². The summed E-state index contributed by atoms with van der Waals surface area (Å²) in [6.07, 6.45) is 0.342. The summed E-state index contributed by atoms with van der Waals surface area (Å²) in [5.74, 6) is -0.542. The molecule has 0 radical (unpaired) electrons. The Hall–Kier alpha value is -1.49. The van der Waals surface area contributed by atoms with E-state index in [1.807, 2.05) is 0 Å². The molecular formula is C9H12FN3O. The zero-order valence-corrected chi connectivity index (χ0v) is 7.88. The first-order chi connectivity index (χ1) is 6.72. The summed E-state index contributed by atoms with van der Waals surface area (Å²) < 4.78 is 12.6. The molecule has 0 aliphatic carbocycles. The lowest BCUT2D eigenvalue weighted by molar-refractivity contribution is -0.116. The van der Waals surface area contributed by atoms with Gasteiger partial charge in [-0.3, -0.25) is 4.79 Å². The zero-order valence-electron chi connectivity index (χ0n) is 7.88. The predicted molar refractivity (Wildman–Crippen MR) is 51.4 cm³/mol. The van der Waals surface area contributed by atoms with E-state index in [0.29, 0.717) is 13.0 Å². The summed E-state index contributed by atoms with van der Waals surface area (Å²) in [7, 11) is 1.76. The highest BCUT2D eigenvalue weighted by Gasteiger charge is 2.02. The molecule has 76 valence electrons. The van der Waals surface area contributed by atoms with Crippen molar-refractivity contribution in [2.45, 2.75) is 6.42 Å². The molecule has 14 heavy (non-hydrogen) atoms. The van der Waals surface area contributed by atoms with Crippen LogP contribution in [0.5, 0.6) is 0 Å². The largest absolute Gasteiger partial charge is 0.319 e. The van der Waals surface area contributed by atoms with E-state index in [0.717, 1.165) is 0 Å². The van der Waals surface area contributed by atoms with Crippen LogP contribution in [0.3, 0.4) is 0 Å². The summed E-state index contributed by atoms with van der Waals surface area (Å²) in [4.78, 5) is 14.7. The standard InChI is InChI=1S/C9H12FN3O/c1-11-6-5-9(14)13-8-4-2-3-7(10)12-8/h2-4,11H,5-6H2,1H3,(H,12,13,14). The lowest BCUT2D eigenvalue weighted by Gasteiger charge is -2.03. The van der Waals surface area contributed by atoms with E-state index < -0.39 is 5.95 Å². The maximum absolute atomic E-state index is 12.6. The molecule has 0 atom stereocenters. The molecule has 0 fully saturated rings. The van der Waals surface area contributed by atoms with Crippen LogP contribution in [0.25, 0.3) is 0 Å². The van der Waals surface area contributed by atoms with E-state index in [1.165, 1.54) is 12.1 Å². The Morgan fingerprint density at radius 1 is 1.57 bits per heavy atom. The van der Waals surface area contributed by atoms with Crippen molar-refractivity contribution in [1.82, 2.24) is 10.3 Å². The number of halogens is 1. The minimum absolute atomic E-state index is 0.183. The van der Waals surface area contributed by atoms with Crippen LogP contribution in [0, 0.1) is 5.95 Å². The minimum atomic E-state index is -0.601. The maximum Gasteiger partial charge on any atom is 0.226 e. The van der Waals surface area contributed by atoms with Crippen molar-refractivity contribution in [2.24, 2.45) is 0 Å². The molecule has 1 amide bonds. The molecule has 1 aromatic heterocycles. The lowest BCUT2D eigenvalue weighted by atomic mass is 10.4. The van der Waals surface area contributed by atoms with Crippen LogP contribution >= 0.6 is 0 Å². The number of carbonyl (C=O) groups excluding carboxylic acids is 1. The second-order valence-electron chi connectivity index (χ2n) is 2.75. The van der Waals surface area contributed by atoms with Gasteiger partial charge < -0.3 is 10.6 Å². The summed E-state index contributed by atoms with van der Waals surface area (Å²) in [5, 5.41) is 5.33. The van der Waals surface area contributed by atoms with E-state index >= 15 is 0 Å². The van der Waals surface area contributed by atoms with Gasteiger partial charge in [0.05, 0.1) is 0 Å². The second-order valence-corrected chi connectivity index (χ2v) is 2.75. The van der Waals surface area contributed by atoms with E-state index in [2.05, 4.69) is 15.6 Å². The lowest BCUT2D eigenvalue weighted by Crippen LogP contribution is -2.19. The number of nitrogens with one attached hydrogen (secondary N) is 2. The first kappa shape index (κ1) is 10.6. The van der Waals surface area contributed by atoms with Gasteiger partial charge in [-0.1, -0.05) is 6.07 Å². The number of hydrogen-bond acceptors (Lipinski definition) is 3. The highest BCUT2D eigenvalue weighted by molar-refractivity contribution is 5.89. The molecule has 1 aromatic rings. The number of pyridine rings is 1. The molecule has 0 saturated carbocycles. The first-order valence-corrected chi connectivity index (χ1v) is 4.29. The van der Waals surface area contributed by atoms with Gasteiger partial charge in [0.2, 0.25) is 11.9 Å². The SMILES string of the molecule is CNCCC(=O)Nc1cccc(F)n1.